The van der Waals surface area contributed by atoms with Crippen LogP contribution in [-0.2, 0) is 0 Å². The molecule has 0 saturated carbocycles. The van der Waals surface area contributed by atoms with Gasteiger partial charge in [0, 0.05) is 65.4 Å². The topological polar surface area (TPSA) is 64.7 Å². The highest BCUT2D eigenvalue weighted by Crippen LogP contribution is 2.39. The molecule has 6 heteroatoms. The minimum absolute atomic E-state index is 0.622. The lowest BCUT2D eigenvalue weighted by Crippen LogP contribution is -2.00. The van der Waals surface area contributed by atoms with Crippen LogP contribution < -0.4 is 0 Å². The van der Waals surface area contributed by atoms with Crippen LogP contribution in [0.3, 0.4) is 0 Å². The molecule has 0 unspecified atom stereocenters. The van der Waals surface area contributed by atoms with Gasteiger partial charge in [0.2, 0.25) is 0 Å². The Hall–Kier alpha value is -5.46. The van der Waals surface area contributed by atoms with Crippen molar-refractivity contribution in [2.75, 3.05) is 0 Å². The van der Waals surface area contributed by atoms with Gasteiger partial charge in [0.05, 0.1) is 0 Å². The second-order valence-corrected chi connectivity index (χ2v) is 11.4. The van der Waals surface area contributed by atoms with Crippen molar-refractivity contribution in [1.82, 2.24) is 19.9 Å². The molecule has 0 spiro atoms. The molecule has 0 saturated heterocycles. The Balaban J connectivity index is 1.27. The third-order valence-electron chi connectivity index (χ3n) is 7.82. The minimum atomic E-state index is 0.622. The van der Waals surface area contributed by atoms with Crippen LogP contribution in [0.2, 0.25) is 0 Å². The molecule has 0 bridgehead atoms. The molecule has 0 aliphatic heterocycles. The Bertz CT molecular complexity index is 2480. The zero-order valence-electron chi connectivity index (χ0n) is 22.2. The largest absolute Gasteiger partial charge is 0.456 e. The van der Waals surface area contributed by atoms with Gasteiger partial charge in [0.1, 0.15) is 11.2 Å². The van der Waals surface area contributed by atoms with E-state index in [2.05, 4.69) is 53.5 Å². The molecule has 5 nitrogen and oxygen atoms in total. The number of furan rings is 1. The van der Waals surface area contributed by atoms with Crippen molar-refractivity contribution in [3.63, 3.8) is 0 Å². The summed E-state index contributed by atoms with van der Waals surface area (Å²) in [6.07, 6.45) is 3.81. The lowest BCUT2D eigenvalue weighted by atomic mass is 10.0. The second kappa shape index (κ2) is 9.03. The van der Waals surface area contributed by atoms with Gasteiger partial charge >= 0.3 is 0 Å². The lowest BCUT2D eigenvalue weighted by molar-refractivity contribution is 0.669. The van der Waals surface area contributed by atoms with Crippen molar-refractivity contribution in [2.45, 2.75) is 0 Å². The highest BCUT2D eigenvalue weighted by atomic mass is 32.1. The van der Waals surface area contributed by atoms with E-state index in [0.717, 1.165) is 38.6 Å². The fourth-order valence-corrected chi connectivity index (χ4v) is 6.95. The Kier molecular flexibility index (Phi) is 5.00. The molecule has 9 rings (SSSR count). The van der Waals surface area contributed by atoms with E-state index in [1.807, 2.05) is 73.1 Å². The molecule has 42 heavy (non-hydrogen) atoms. The SMILES string of the molecule is c1ccc(-c2nc(-c3ccc4oc5ccccc5c4c3)nc(-c3ccc4ccc5c6cnccc6sc5c4c3)n2)cc1. The summed E-state index contributed by atoms with van der Waals surface area (Å²) < 4.78 is 8.54. The van der Waals surface area contributed by atoms with Gasteiger partial charge in [-0.15, -0.1) is 11.3 Å². The first kappa shape index (κ1) is 23.3. The van der Waals surface area contributed by atoms with Crippen molar-refractivity contribution in [2.24, 2.45) is 0 Å². The number of pyridine rings is 1. The van der Waals surface area contributed by atoms with Crippen LogP contribution >= 0.6 is 11.3 Å². The lowest BCUT2D eigenvalue weighted by Gasteiger charge is -2.09. The predicted octanol–water partition coefficient (Wildman–Crippen LogP) is 9.69. The Morgan fingerprint density at radius 3 is 2.05 bits per heavy atom. The van der Waals surface area contributed by atoms with E-state index in [1.165, 1.54) is 30.9 Å². The predicted molar refractivity (Wildman–Crippen MR) is 172 cm³/mol. The molecule has 0 aliphatic rings. The molecule has 196 valence electrons. The number of rotatable bonds is 3. The summed E-state index contributed by atoms with van der Waals surface area (Å²) in [6.45, 7) is 0. The van der Waals surface area contributed by atoms with Crippen molar-refractivity contribution in [1.29, 1.82) is 0 Å². The van der Waals surface area contributed by atoms with Crippen LogP contribution in [0.4, 0.5) is 0 Å². The van der Waals surface area contributed by atoms with Gasteiger partial charge in [0.25, 0.3) is 0 Å². The standard InChI is InChI=1S/C36H20N4OS/c1-2-6-22(7-3-1)34-38-35(40-36(39-34)24-13-15-31-28(19-24)25-8-4-5-9-30(25)41-31)23-11-10-21-12-14-26-29-20-37-17-16-32(29)42-33(26)27(21)18-23/h1-20H. The maximum absolute atomic E-state index is 6.07. The van der Waals surface area contributed by atoms with Crippen LogP contribution in [0.25, 0.3) is 87.0 Å². The average molecular weight is 557 g/mol. The first-order valence-electron chi connectivity index (χ1n) is 13.7. The van der Waals surface area contributed by atoms with Crippen LogP contribution in [-0.4, -0.2) is 19.9 Å². The van der Waals surface area contributed by atoms with Crippen LogP contribution in [0.1, 0.15) is 0 Å². The maximum atomic E-state index is 6.07. The Labute approximate surface area is 243 Å². The quantitative estimate of drug-likeness (QED) is 0.217. The normalized spacial score (nSPS) is 11.8. The van der Waals surface area contributed by atoms with E-state index >= 15 is 0 Å². The minimum Gasteiger partial charge on any atom is -0.456 e. The molecule has 4 aromatic heterocycles. The van der Waals surface area contributed by atoms with Gasteiger partial charge < -0.3 is 4.42 Å². The zero-order valence-corrected chi connectivity index (χ0v) is 23.0. The summed E-state index contributed by atoms with van der Waals surface area (Å²) in [5.74, 6) is 1.90. The smallest absolute Gasteiger partial charge is 0.164 e. The summed E-state index contributed by atoms with van der Waals surface area (Å²) in [5.41, 5.74) is 4.51. The Morgan fingerprint density at radius 1 is 0.500 bits per heavy atom. The molecular weight excluding hydrogens is 536 g/mol. The molecule has 9 aromatic rings. The molecule has 5 aromatic carbocycles. The monoisotopic (exact) mass is 556 g/mol. The number of benzene rings is 5. The highest BCUT2D eigenvalue weighted by Gasteiger charge is 2.16. The van der Waals surface area contributed by atoms with E-state index < -0.39 is 0 Å². The molecule has 0 atom stereocenters. The number of para-hydroxylation sites is 1. The summed E-state index contributed by atoms with van der Waals surface area (Å²) in [7, 11) is 0. The van der Waals surface area contributed by atoms with Crippen molar-refractivity contribution < 1.29 is 4.42 Å². The van der Waals surface area contributed by atoms with E-state index in [1.54, 1.807) is 11.3 Å². The van der Waals surface area contributed by atoms with Crippen molar-refractivity contribution in [3.05, 3.63) is 122 Å². The second-order valence-electron chi connectivity index (χ2n) is 10.3. The molecule has 0 amide bonds. The summed E-state index contributed by atoms with van der Waals surface area (Å²) in [5, 5.41) is 6.87. The van der Waals surface area contributed by atoms with Gasteiger partial charge in [0.15, 0.2) is 17.5 Å². The van der Waals surface area contributed by atoms with Gasteiger partial charge in [-0.2, -0.15) is 0 Å². The van der Waals surface area contributed by atoms with Crippen LogP contribution in [0.15, 0.2) is 126 Å². The number of hydrogen-bond donors (Lipinski definition) is 0. The highest BCUT2D eigenvalue weighted by molar-refractivity contribution is 7.26. The number of hydrogen-bond acceptors (Lipinski definition) is 6. The number of thiophene rings is 1. The fraction of sp³-hybridized carbons (Fsp3) is 0. The molecule has 0 N–H and O–H groups in total. The Morgan fingerprint density at radius 2 is 1.19 bits per heavy atom. The summed E-state index contributed by atoms with van der Waals surface area (Å²) in [6, 6.07) is 37.2. The molecule has 0 aliphatic carbocycles. The first-order chi connectivity index (χ1) is 20.8. The summed E-state index contributed by atoms with van der Waals surface area (Å²) >= 11 is 1.80. The van der Waals surface area contributed by atoms with Crippen molar-refractivity contribution >= 4 is 64.2 Å². The van der Waals surface area contributed by atoms with Crippen molar-refractivity contribution in [3.8, 4) is 34.2 Å². The van der Waals surface area contributed by atoms with Crippen LogP contribution in [0, 0.1) is 0 Å². The van der Waals surface area contributed by atoms with Gasteiger partial charge in [-0.05, 0) is 41.8 Å². The third-order valence-corrected chi connectivity index (χ3v) is 9.04. The molecule has 0 fully saturated rings. The number of aromatic nitrogens is 4. The number of nitrogens with zero attached hydrogens (tertiary/aromatic N) is 4. The van der Waals surface area contributed by atoms with Gasteiger partial charge in [-0.1, -0.05) is 72.8 Å². The molecular formula is C36H20N4OS. The maximum Gasteiger partial charge on any atom is 0.164 e. The van der Waals surface area contributed by atoms with E-state index in [-0.39, 0.29) is 0 Å². The van der Waals surface area contributed by atoms with Crippen LogP contribution in [0.5, 0.6) is 0 Å². The van der Waals surface area contributed by atoms with E-state index in [0.29, 0.717) is 17.5 Å². The zero-order chi connectivity index (χ0) is 27.6. The van der Waals surface area contributed by atoms with Gasteiger partial charge in [-0.3, -0.25) is 4.98 Å². The van der Waals surface area contributed by atoms with E-state index in [9.17, 15) is 0 Å². The molecule has 4 heterocycles. The first-order valence-corrected chi connectivity index (χ1v) is 14.5. The van der Waals surface area contributed by atoms with E-state index in [4.69, 9.17) is 19.4 Å². The van der Waals surface area contributed by atoms with Gasteiger partial charge in [-0.25, -0.2) is 15.0 Å². The summed E-state index contributed by atoms with van der Waals surface area (Å²) in [4.78, 5) is 19.3. The number of fused-ring (bicyclic) bond motifs is 8. The average Bonchev–Trinajstić information content (AvgIpc) is 3.63. The molecule has 0 radical (unpaired) electrons. The third kappa shape index (κ3) is 3.62. The fourth-order valence-electron chi connectivity index (χ4n) is 5.75.